The number of hydrogen-bond acceptors (Lipinski definition) is 3. The number of aliphatic hydroxyl groups excluding tert-OH is 1. The van der Waals surface area contributed by atoms with Crippen LogP contribution in [0.15, 0.2) is 4.79 Å². The summed E-state index contributed by atoms with van der Waals surface area (Å²) >= 11 is 0. The highest BCUT2D eigenvalue weighted by Gasteiger charge is 2.16. The highest BCUT2D eigenvalue weighted by Crippen LogP contribution is 2.15. The van der Waals surface area contributed by atoms with Gasteiger partial charge in [0.2, 0.25) is 5.88 Å². The van der Waals surface area contributed by atoms with Gasteiger partial charge in [0.05, 0.1) is 12.2 Å². The van der Waals surface area contributed by atoms with Crippen LogP contribution < -0.4 is 5.69 Å². The zero-order chi connectivity index (χ0) is 10.7. The summed E-state index contributed by atoms with van der Waals surface area (Å²) in [5.41, 5.74) is -0.0902. The highest BCUT2D eigenvalue weighted by atomic mass is 16.3. The fraction of sp³-hybridized carbons (Fsp3) is 0.444. The second kappa shape index (κ2) is 4.03. The van der Waals surface area contributed by atoms with Crippen LogP contribution in [0.3, 0.4) is 0 Å². The Kier molecular flexibility index (Phi) is 2.99. The maximum absolute atomic E-state index is 11.5. The Morgan fingerprint density at radius 2 is 2.14 bits per heavy atom. The van der Waals surface area contributed by atoms with Crippen molar-refractivity contribution in [2.24, 2.45) is 0 Å². The Balaban J connectivity index is 3.40. The number of imidazole rings is 1. The SMILES string of the molecule is C#CCn1c(O)c(CC)n(CO)c1=O. The van der Waals surface area contributed by atoms with Crippen LogP contribution >= 0.6 is 0 Å². The number of terminal acetylenes is 1. The van der Waals surface area contributed by atoms with E-state index in [-0.39, 0.29) is 12.4 Å². The van der Waals surface area contributed by atoms with Crippen molar-refractivity contribution in [3.63, 3.8) is 0 Å². The molecule has 76 valence electrons. The van der Waals surface area contributed by atoms with E-state index in [1.165, 1.54) is 0 Å². The largest absolute Gasteiger partial charge is 0.493 e. The number of aromatic hydroxyl groups is 1. The van der Waals surface area contributed by atoms with Gasteiger partial charge in [-0.2, -0.15) is 0 Å². The smallest absolute Gasteiger partial charge is 0.334 e. The summed E-state index contributed by atoms with van der Waals surface area (Å²) in [5, 5.41) is 18.5. The van der Waals surface area contributed by atoms with Crippen LogP contribution in [0.2, 0.25) is 0 Å². The minimum Gasteiger partial charge on any atom is -0.493 e. The topological polar surface area (TPSA) is 67.4 Å². The van der Waals surface area contributed by atoms with E-state index in [9.17, 15) is 9.90 Å². The molecule has 0 amide bonds. The lowest BCUT2D eigenvalue weighted by molar-refractivity contribution is 0.201. The molecular weight excluding hydrogens is 184 g/mol. The van der Waals surface area contributed by atoms with Crippen molar-refractivity contribution in [2.45, 2.75) is 26.6 Å². The summed E-state index contributed by atoms with van der Waals surface area (Å²) in [7, 11) is 0. The van der Waals surface area contributed by atoms with Crippen molar-refractivity contribution in [2.75, 3.05) is 0 Å². The van der Waals surface area contributed by atoms with E-state index < -0.39 is 12.4 Å². The van der Waals surface area contributed by atoms with Gasteiger partial charge in [-0.15, -0.1) is 6.42 Å². The number of nitrogens with zero attached hydrogens (tertiary/aromatic N) is 2. The minimum atomic E-state index is -0.486. The van der Waals surface area contributed by atoms with Crippen molar-refractivity contribution in [1.82, 2.24) is 9.13 Å². The molecule has 5 nitrogen and oxygen atoms in total. The second-order valence-electron chi connectivity index (χ2n) is 2.77. The molecule has 1 rings (SSSR count). The molecule has 0 aromatic carbocycles. The number of hydrogen-bond donors (Lipinski definition) is 2. The Morgan fingerprint density at radius 1 is 1.50 bits per heavy atom. The van der Waals surface area contributed by atoms with E-state index in [4.69, 9.17) is 11.5 Å². The van der Waals surface area contributed by atoms with Crippen molar-refractivity contribution < 1.29 is 10.2 Å². The van der Waals surface area contributed by atoms with Crippen LogP contribution in [0.1, 0.15) is 12.6 Å². The average Bonchev–Trinajstić information content (AvgIpc) is 2.41. The molecule has 1 heterocycles. The number of aliphatic hydroxyl groups is 1. The molecule has 0 radical (unpaired) electrons. The summed E-state index contributed by atoms with van der Waals surface area (Å²) < 4.78 is 2.14. The van der Waals surface area contributed by atoms with Crippen LogP contribution in [0.4, 0.5) is 0 Å². The molecule has 0 aliphatic rings. The van der Waals surface area contributed by atoms with Gasteiger partial charge in [-0.1, -0.05) is 12.8 Å². The van der Waals surface area contributed by atoms with Crippen LogP contribution in [-0.4, -0.2) is 19.3 Å². The van der Waals surface area contributed by atoms with Gasteiger partial charge in [-0.25, -0.2) is 4.79 Å². The first-order chi connectivity index (χ1) is 6.67. The zero-order valence-electron chi connectivity index (χ0n) is 7.90. The van der Waals surface area contributed by atoms with Gasteiger partial charge in [-0.05, 0) is 6.42 Å². The standard InChI is InChI=1S/C9H12N2O3/c1-3-5-10-8(13)7(4-2)11(6-12)9(10)14/h1,12-13H,4-6H2,2H3. The normalized spacial score (nSPS) is 10.1. The average molecular weight is 196 g/mol. The molecule has 5 heteroatoms. The first kappa shape index (κ1) is 10.4. The highest BCUT2D eigenvalue weighted by molar-refractivity contribution is 5.21. The van der Waals surface area contributed by atoms with Crippen LogP contribution in [0.25, 0.3) is 0 Å². The number of aromatic nitrogens is 2. The predicted octanol–water partition coefficient (Wildman–Crippen LogP) is -0.499. The van der Waals surface area contributed by atoms with Crippen LogP contribution in [0, 0.1) is 12.3 Å². The monoisotopic (exact) mass is 196 g/mol. The Morgan fingerprint density at radius 3 is 2.50 bits per heavy atom. The maximum Gasteiger partial charge on any atom is 0.334 e. The first-order valence-corrected chi connectivity index (χ1v) is 4.22. The second-order valence-corrected chi connectivity index (χ2v) is 2.77. The lowest BCUT2D eigenvalue weighted by atomic mass is 10.3. The summed E-state index contributed by atoms with van der Waals surface area (Å²) in [5.74, 6) is 2.10. The summed E-state index contributed by atoms with van der Waals surface area (Å²) in [4.78, 5) is 11.5. The van der Waals surface area contributed by atoms with E-state index in [1.54, 1.807) is 6.92 Å². The quantitative estimate of drug-likeness (QED) is 0.640. The third kappa shape index (κ3) is 1.40. The van der Waals surface area contributed by atoms with Crippen molar-refractivity contribution >= 4 is 0 Å². The fourth-order valence-electron chi connectivity index (χ4n) is 1.36. The molecule has 0 spiro atoms. The van der Waals surface area contributed by atoms with Gasteiger partial charge in [0.25, 0.3) is 0 Å². The third-order valence-electron chi connectivity index (χ3n) is 2.03. The molecule has 0 saturated heterocycles. The summed E-state index contributed by atoms with van der Waals surface area (Å²) in [6.07, 6.45) is 5.51. The van der Waals surface area contributed by atoms with E-state index in [0.717, 1.165) is 9.13 Å². The molecule has 0 fully saturated rings. The van der Waals surface area contributed by atoms with Gasteiger partial charge in [0.1, 0.15) is 6.73 Å². The molecule has 0 saturated carbocycles. The van der Waals surface area contributed by atoms with E-state index in [2.05, 4.69) is 5.92 Å². The van der Waals surface area contributed by atoms with Crippen molar-refractivity contribution in [3.8, 4) is 18.2 Å². The molecule has 14 heavy (non-hydrogen) atoms. The van der Waals surface area contributed by atoms with Gasteiger partial charge >= 0.3 is 5.69 Å². The van der Waals surface area contributed by atoms with E-state index in [1.807, 2.05) is 0 Å². The van der Waals surface area contributed by atoms with Gasteiger partial charge in [0.15, 0.2) is 0 Å². The molecule has 0 bridgehead atoms. The van der Waals surface area contributed by atoms with Crippen molar-refractivity contribution in [3.05, 3.63) is 16.2 Å². The Bertz CT molecular complexity index is 422. The minimum absolute atomic E-state index is 0.00463. The zero-order valence-corrected chi connectivity index (χ0v) is 7.90. The van der Waals surface area contributed by atoms with Gasteiger partial charge in [0, 0.05) is 0 Å². The molecule has 0 atom stereocenters. The molecular formula is C9H12N2O3. The fourth-order valence-corrected chi connectivity index (χ4v) is 1.36. The van der Waals surface area contributed by atoms with E-state index >= 15 is 0 Å². The lowest BCUT2D eigenvalue weighted by Gasteiger charge is -1.99. The molecule has 1 aromatic rings. The molecule has 2 N–H and O–H groups in total. The number of rotatable bonds is 3. The van der Waals surface area contributed by atoms with Crippen LogP contribution in [-0.2, 0) is 19.7 Å². The Hall–Kier alpha value is -1.67. The molecule has 0 unspecified atom stereocenters. The van der Waals surface area contributed by atoms with E-state index in [0.29, 0.717) is 12.1 Å². The first-order valence-electron chi connectivity index (χ1n) is 4.22. The lowest BCUT2D eigenvalue weighted by Crippen LogP contribution is -2.24. The predicted molar refractivity (Wildman–Crippen MR) is 50.8 cm³/mol. The summed E-state index contributed by atoms with van der Waals surface area (Å²) in [6.45, 7) is 1.33. The summed E-state index contributed by atoms with van der Waals surface area (Å²) in [6, 6.07) is 0. The Labute approximate surface area is 81.2 Å². The van der Waals surface area contributed by atoms with Crippen molar-refractivity contribution in [1.29, 1.82) is 0 Å². The third-order valence-corrected chi connectivity index (χ3v) is 2.03. The van der Waals surface area contributed by atoms with Gasteiger partial charge < -0.3 is 10.2 Å². The maximum atomic E-state index is 11.5. The molecule has 0 aliphatic carbocycles. The molecule has 1 aromatic heterocycles. The van der Waals surface area contributed by atoms with Gasteiger partial charge in [-0.3, -0.25) is 9.13 Å². The molecule has 0 aliphatic heterocycles. The van der Waals surface area contributed by atoms with Crippen LogP contribution in [0.5, 0.6) is 5.88 Å².